The molecule has 1 aliphatic rings. The topological polar surface area (TPSA) is 55.3 Å². The molecule has 2 aromatic heterocycles. The highest BCUT2D eigenvalue weighted by Gasteiger charge is 2.24. The Labute approximate surface area is 146 Å². The zero-order chi connectivity index (χ0) is 17.2. The first-order valence-electron chi connectivity index (χ1n) is 8.44. The fourth-order valence-electron chi connectivity index (χ4n) is 3.17. The Morgan fingerprint density at radius 2 is 2.00 bits per heavy atom. The summed E-state index contributed by atoms with van der Waals surface area (Å²) >= 11 is 0. The van der Waals surface area contributed by atoms with Crippen LogP contribution in [0.15, 0.2) is 54.7 Å². The van der Waals surface area contributed by atoms with E-state index < -0.39 is 0 Å². The minimum Gasteiger partial charge on any atom is -0.375 e. The molecular weight excluding hydrogens is 314 g/mol. The third-order valence-electron chi connectivity index (χ3n) is 4.40. The van der Waals surface area contributed by atoms with Crippen LogP contribution in [0, 0.1) is 0 Å². The van der Waals surface area contributed by atoms with Crippen LogP contribution in [-0.4, -0.2) is 46.6 Å². The second-order valence-electron chi connectivity index (χ2n) is 6.22. The fourth-order valence-corrected chi connectivity index (χ4v) is 3.17. The van der Waals surface area contributed by atoms with Crippen LogP contribution in [-0.2, 0) is 4.74 Å². The van der Waals surface area contributed by atoms with Crippen LogP contribution >= 0.6 is 0 Å². The van der Waals surface area contributed by atoms with Crippen LogP contribution in [0.1, 0.15) is 17.3 Å². The number of nitrogens with zero attached hydrogens (tertiary/aromatic N) is 3. The number of ether oxygens (including phenoxy) is 1. The summed E-state index contributed by atoms with van der Waals surface area (Å²) in [5.41, 5.74) is 2.94. The molecule has 126 valence electrons. The van der Waals surface area contributed by atoms with Gasteiger partial charge in [-0.05, 0) is 31.2 Å². The van der Waals surface area contributed by atoms with Crippen LogP contribution in [0.4, 0.5) is 0 Å². The molecule has 1 saturated heterocycles. The highest BCUT2D eigenvalue weighted by molar-refractivity contribution is 6.07. The van der Waals surface area contributed by atoms with Crippen LogP contribution < -0.4 is 0 Å². The van der Waals surface area contributed by atoms with Crippen molar-refractivity contribution in [3.8, 4) is 11.4 Å². The summed E-state index contributed by atoms with van der Waals surface area (Å²) in [5.74, 6) is 0.0194. The molecule has 0 aliphatic carbocycles. The molecule has 5 heteroatoms. The Morgan fingerprint density at radius 3 is 2.80 bits per heavy atom. The quantitative estimate of drug-likeness (QED) is 0.723. The Hall–Kier alpha value is -2.79. The van der Waals surface area contributed by atoms with Crippen molar-refractivity contribution in [2.75, 3.05) is 19.7 Å². The van der Waals surface area contributed by atoms with Crippen molar-refractivity contribution in [3.63, 3.8) is 0 Å². The number of hydrogen-bond acceptors (Lipinski definition) is 4. The molecule has 0 saturated carbocycles. The largest absolute Gasteiger partial charge is 0.375 e. The maximum atomic E-state index is 13.2. The SMILES string of the molecule is C[C@H]1CN(C(=O)c2cc(-c3ccccn3)nc3ccccc23)CCO1. The van der Waals surface area contributed by atoms with Gasteiger partial charge in [-0.2, -0.15) is 0 Å². The summed E-state index contributed by atoms with van der Waals surface area (Å²) in [5, 5.41) is 0.867. The Bertz CT molecular complexity index is 911. The lowest BCUT2D eigenvalue weighted by atomic mass is 10.0. The van der Waals surface area contributed by atoms with Crippen molar-refractivity contribution < 1.29 is 9.53 Å². The molecule has 1 aliphatic heterocycles. The first-order valence-corrected chi connectivity index (χ1v) is 8.44. The highest BCUT2D eigenvalue weighted by atomic mass is 16.5. The first kappa shape index (κ1) is 15.7. The number of carbonyl (C=O) groups is 1. The van der Waals surface area contributed by atoms with Gasteiger partial charge in [0.05, 0.1) is 35.2 Å². The third-order valence-corrected chi connectivity index (χ3v) is 4.40. The monoisotopic (exact) mass is 333 g/mol. The number of para-hydroxylation sites is 1. The zero-order valence-corrected chi connectivity index (χ0v) is 14.1. The van der Waals surface area contributed by atoms with Crippen molar-refractivity contribution in [1.29, 1.82) is 0 Å². The number of morpholine rings is 1. The number of fused-ring (bicyclic) bond motifs is 1. The fraction of sp³-hybridized carbons (Fsp3) is 0.250. The van der Waals surface area contributed by atoms with Gasteiger partial charge in [-0.15, -0.1) is 0 Å². The van der Waals surface area contributed by atoms with E-state index in [4.69, 9.17) is 9.72 Å². The van der Waals surface area contributed by atoms with Crippen molar-refractivity contribution >= 4 is 16.8 Å². The van der Waals surface area contributed by atoms with E-state index in [1.54, 1.807) is 6.20 Å². The summed E-state index contributed by atoms with van der Waals surface area (Å²) in [4.78, 5) is 24.1. The predicted molar refractivity (Wildman–Crippen MR) is 96.3 cm³/mol. The van der Waals surface area contributed by atoms with Gasteiger partial charge in [0.2, 0.25) is 0 Å². The highest BCUT2D eigenvalue weighted by Crippen LogP contribution is 2.25. The van der Waals surface area contributed by atoms with Gasteiger partial charge >= 0.3 is 0 Å². The minimum atomic E-state index is 0.0194. The molecule has 1 fully saturated rings. The molecule has 0 spiro atoms. The van der Waals surface area contributed by atoms with E-state index in [1.807, 2.05) is 60.4 Å². The normalized spacial score (nSPS) is 17.6. The smallest absolute Gasteiger partial charge is 0.254 e. The molecule has 4 rings (SSSR count). The van der Waals surface area contributed by atoms with Gasteiger partial charge in [-0.1, -0.05) is 24.3 Å². The number of hydrogen-bond donors (Lipinski definition) is 0. The van der Waals surface area contributed by atoms with Crippen molar-refractivity contribution in [2.24, 2.45) is 0 Å². The summed E-state index contributed by atoms with van der Waals surface area (Å²) in [6, 6.07) is 15.3. The molecule has 3 aromatic rings. The van der Waals surface area contributed by atoms with Crippen LogP contribution in [0.5, 0.6) is 0 Å². The first-order chi connectivity index (χ1) is 12.2. The lowest BCUT2D eigenvalue weighted by Gasteiger charge is -2.31. The number of carbonyl (C=O) groups excluding carboxylic acids is 1. The zero-order valence-electron chi connectivity index (χ0n) is 14.1. The Morgan fingerprint density at radius 1 is 1.16 bits per heavy atom. The number of benzene rings is 1. The third kappa shape index (κ3) is 3.10. The van der Waals surface area contributed by atoms with Crippen LogP contribution in [0.25, 0.3) is 22.3 Å². The van der Waals surface area contributed by atoms with E-state index in [2.05, 4.69) is 4.98 Å². The molecule has 0 unspecified atom stereocenters. The maximum absolute atomic E-state index is 13.2. The lowest BCUT2D eigenvalue weighted by Crippen LogP contribution is -2.44. The van der Waals surface area contributed by atoms with Crippen LogP contribution in [0.3, 0.4) is 0 Å². The van der Waals surface area contributed by atoms with E-state index in [0.717, 1.165) is 16.6 Å². The van der Waals surface area contributed by atoms with Gasteiger partial charge in [-0.3, -0.25) is 9.78 Å². The van der Waals surface area contributed by atoms with Gasteiger partial charge in [0.15, 0.2) is 0 Å². The Kier molecular flexibility index (Phi) is 4.15. The predicted octanol–water partition coefficient (Wildman–Crippen LogP) is 3.16. The minimum absolute atomic E-state index is 0.0194. The van der Waals surface area contributed by atoms with Gasteiger partial charge in [0, 0.05) is 24.7 Å². The molecule has 5 nitrogen and oxygen atoms in total. The number of rotatable bonds is 2. The van der Waals surface area contributed by atoms with E-state index in [-0.39, 0.29) is 12.0 Å². The van der Waals surface area contributed by atoms with Crippen molar-refractivity contribution in [2.45, 2.75) is 13.0 Å². The van der Waals surface area contributed by atoms with E-state index in [9.17, 15) is 4.79 Å². The van der Waals surface area contributed by atoms with E-state index in [1.165, 1.54) is 0 Å². The van der Waals surface area contributed by atoms with Crippen LogP contribution in [0.2, 0.25) is 0 Å². The second-order valence-corrected chi connectivity index (χ2v) is 6.22. The average Bonchev–Trinajstić information content (AvgIpc) is 2.67. The number of amides is 1. The number of aromatic nitrogens is 2. The molecular formula is C20H19N3O2. The summed E-state index contributed by atoms with van der Waals surface area (Å²) in [6.07, 6.45) is 1.79. The molecule has 0 N–H and O–H groups in total. The van der Waals surface area contributed by atoms with Gasteiger partial charge < -0.3 is 9.64 Å². The summed E-state index contributed by atoms with van der Waals surface area (Å²) < 4.78 is 5.56. The molecule has 0 radical (unpaired) electrons. The van der Waals surface area contributed by atoms with E-state index in [0.29, 0.717) is 31.0 Å². The molecule has 1 aromatic carbocycles. The Balaban J connectivity index is 1.82. The average molecular weight is 333 g/mol. The maximum Gasteiger partial charge on any atom is 0.254 e. The second kappa shape index (κ2) is 6.61. The molecule has 0 bridgehead atoms. The van der Waals surface area contributed by atoms with E-state index >= 15 is 0 Å². The van der Waals surface area contributed by atoms with Crippen molar-refractivity contribution in [3.05, 3.63) is 60.3 Å². The van der Waals surface area contributed by atoms with Crippen molar-refractivity contribution in [1.82, 2.24) is 14.9 Å². The van der Waals surface area contributed by atoms with Gasteiger partial charge in [0.25, 0.3) is 5.91 Å². The molecule has 1 atom stereocenters. The summed E-state index contributed by atoms with van der Waals surface area (Å²) in [6.45, 7) is 3.78. The van der Waals surface area contributed by atoms with Gasteiger partial charge in [0.1, 0.15) is 0 Å². The lowest BCUT2D eigenvalue weighted by molar-refractivity contribution is -0.0123. The molecule has 3 heterocycles. The van der Waals surface area contributed by atoms with Gasteiger partial charge in [-0.25, -0.2) is 4.98 Å². The standard InChI is InChI=1S/C20H19N3O2/c1-14-13-23(10-11-25-14)20(24)16-12-19(18-8-4-5-9-21-18)22-17-7-3-2-6-15(16)17/h2-9,12,14H,10-11,13H2,1H3/t14-/m0/s1. The molecule has 1 amide bonds. The number of pyridine rings is 2. The summed E-state index contributed by atoms with van der Waals surface area (Å²) in [7, 11) is 0. The molecule has 25 heavy (non-hydrogen) atoms.